The van der Waals surface area contributed by atoms with Crippen LogP contribution in [0.3, 0.4) is 0 Å². The van der Waals surface area contributed by atoms with Gasteiger partial charge < -0.3 is 15.2 Å². The van der Waals surface area contributed by atoms with E-state index in [1.165, 1.54) is 6.92 Å². The van der Waals surface area contributed by atoms with Gasteiger partial charge in [0.05, 0.1) is 0 Å². The zero-order valence-corrected chi connectivity index (χ0v) is 10.3. The quantitative estimate of drug-likeness (QED) is 0.554. The monoisotopic (exact) mass is 251 g/mol. The molecular weight excluding hydrogens is 234 g/mol. The van der Waals surface area contributed by atoms with Crippen molar-refractivity contribution in [2.75, 3.05) is 19.8 Å². The third-order valence-corrected chi connectivity index (χ3v) is 2.29. The van der Waals surface area contributed by atoms with Crippen LogP contribution >= 0.6 is 0 Å². The lowest BCUT2D eigenvalue weighted by Crippen LogP contribution is -2.30. The number of ether oxygens (including phenoxy) is 1. The number of carbonyl (C=O) groups is 2. The minimum atomic E-state index is -0.237. The van der Waals surface area contributed by atoms with Gasteiger partial charge in [0.1, 0.15) is 5.75 Å². The number of aliphatic hydroxyl groups excluding tert-OH is 1. The first kappa shape index (κ1) is 14.2. The molecule has 0 aliphatic carbocycles. The zero-order chi connectivity index (χ0) is 13.4. The number of hydrogen-bond acceptors (Lipinski definition) is 4. The van der Waals surface area contributed by atoms with Crippen LogP contribution in [0.15, 0.2) is 24.3 Å². The maximum Gasteiger partial charge on any atom is 0.257 e. The topological polar surface area (TPSA) is 75.6 Å². The Hall–Kier alpha value is -1.88. The SMILES string of the molecule is CC(=O)c1ccc(OCC(=O)NCCCO)cc1. The number of nitrogens with one attached hydrogen (secondary N) is 1. The molecule has 18 heavy (non-hydrogen) atoms. The molecular formula is C13H17NO4. The van der Waals surface area contributed by atoms with Gasteiger partial charge in [-0.25, -0.2) is 0 Å². The van der Waals surface area contributed by atoms with Crippen molar-refractivity contribution >= 4 is 11.7 Å². The molecule has 1 aromatic rings. The summed E-state index contributed by atoms with van der Waals surface area (Å²) in [5.74, 6) is 0.291. The Kier molecular flexibility index (Phi) is 5.87. The molecule has 1 aromatic carbocycles. The standard InChI is InChI=1S/C13H17NO4/c1-10(16)11-3-5-12(6-4-11)18-9-13(17)14-7-2-8-15/h3-6,15H,2,7-9H2,1H3,(H,14,17). The largest absolute Gasteiger partial charge is 0.484 e. The van der Waals surface area contributed by atoms with Gasteiger partial charge in [-0.3, -0.25) is 9.59 Å². The predicted octanol–water partition coefficient (Wildman–Crippen LogP) is 0.767. The van der Waals surface area contributed by atoms with E-state index in [-0.39, 0.29) is 24.9 Å². The lowest BCUT2D eigenvalue weighted by Gasteiger charge is -2.07. The van der Waals surface area contributed by atoms with Crippen molar-refractivity contribution in [3.63, 3.8) is 0 Å². The Morgan fingerprint density at radius 3 is 2.50 bits per heavy atom. The Bertz CT molecular complexity index is 400. The number of benzene rings is 1. The molecule has 0 aliphatic heterocycles. The molecule has 0 saturated carbocycles. The normalized spacial score (nSPS) is 9.89. The van der Waals surface area contributed by atoms with Crippen LogP contribution in [0.4, 0.5) is 0 Å². The van der Waals surface area contributed by atoms with Crippen molar-refractivity contribution in [2.24, 2.45) is 0 Å². The van der Waals surface area contributed by atoms with Gasteiger partial charge in [-0.05, 0) is 37.6 Å². The fourth-order valence-electron chi connectivity index (χ4n) is 1.29. The summed E-state index contributed by atoms with van der Waals surface area (Å²) in [6.07, 6.45) is 0.527. The van der Waals surface area contributed by atoms with Crippen molar-refractivity contribution in [1.82, 2.24) is 5.32 Å². The first-order chi connectivity index (χ1) is 8.63. The molecule has 1 amide bonds. The van der Waals surface area contributed by atoms with Crippen LogP contribution < -0.4 is 10.1 Å². The summed E-state index contributed by atoms with van der Waals surface area (Å²) in [5.41, 5.74) is 0.606. The Balaban J connectivity index is 2.34. The predicted molar refractivity (Wildman–Crippen MR) is 66.7 cm³/mol. The van der Waals surface area contributed by atoms with Crippen LogP contribution in [0.25, 0.3) is 0 Å². The Morgan fingerprint density at radius 2 is 1.94 bits per heavy atom. The number of aliphatic hydroxyl groups is 1. The van der Waals surface area contributed by atoms with Crippen molar-refractivity contribution in [3.8, 4) is 5.75 Å². The highest BCUT2D eigenvalue weighted by Gasteiger charge is 2.03. The number of Topliss-reactive ketones (excluding diaryl/α,β-unsaturated/α-hetero) is 1. The summed E-state index contributed by atoms with van der Waals surface area (Å²) in [5, 5.41) is 11.2. The van der Waals surface area contributed by atoms with E-state index < -0.39 is 0 Å². The molecule has 5 nitrogen and oxygen atoms in total. The summed E-state index contributed by atoms with van der Waals surface area (Å²) in [7, 11) is 0. The van der Waals surface area contributed by atoms with Gasteiger partial charge in [-0.1, -0.05) is 0 Å². The third kappa shape index (κ3) is 4.97. The molecule has 0 saturated heterocycles. The lowest BCUT2D eigenvalue weighted by molar-refractivity contribution is -0.123. The van der Waals surface area contributed by atoms with Gasteiger partial charge in [-0.15, -0.1) is 0 Å². The molecule has 0 spiro atoms. The van der Waals surface area contributed by atoms with E-state index in [0.29, 0.717) is 24.3 Å². The molecule has 5 heteroatoms. The minimum Gasteiger partial charge on any atom is -0.484 e. The number of rotatable bonds is 7. The molecule has 98 valence electrons. The first-order valence-electron chi connectivity index (χ1n) is 5.75. The maximum absolute atomic E-state index is 11.3. The van der Waals surface area contributed by atoms with Crippen LogP contribution in [-0.2, 0) is 4.79 Å². The second kappa shape index (κ2) is 7.45. The fraction of sp³-hybridized carbons (Fsp3) is 0.385. The van der Waals surface area contributed by atoms with E-state index in [0.717, 1.165) is 0 Å². The second-order valence-corrected chi connectivity index (χ2v) is 3.80. The van der Waals surface area contributed by atoms with Crippen molar-refractivity contribution in [3.05, 3.63) is 29.8 Å². The summed E-state index contributed by atoms with van der Waals surface area (Å²) in [4.78, 5) is 22.3. The number of hydrogen-bond donors (Lipinski definition) is 2. The summed E-state index contributed by atoms with van der Waals surface area (Å²) >= 11 is 0. The highest BCUT2D eigenvalue weighted by Crippen LogP contribution is 2.12. The van der Waals surface area contributed by atoms with Crippen LogP contribution in [0, 0.1) is 0 Å². The molecule has 0 atom stereocenters. The summed E-state index contributed by atoms with van der Waals surface area (Å²) < 4.78 is 5.25. The number of amides is 1. The van der Waals surface area contributed by atoms with E-state index in [9.17, 15) is 9.59 Å². The zero-order valence-electron chi connectivity index (χ0n) is 10.3. The van der Waals surface area contributed by atoms with Crippen LogP contribution in [0.5, 0.6) is 5.75 Å². The van der Waals surface area contributed by atoms with Gasteiger partial charge >= 0.3 is 0 Å². The smallest absolute Gasteiger partial charge is 0.257 e. The second-order valence-electron chi connectivity index (χ2n) is 3.80. The summed E-state index contributed by atoms with van der Waals surface area (Å²) in [6, 6.07) is 6.61. The third-order valence-electron chi connectivity index (χ3n) is 2.29. The van der Waals surface area contributed by atoms with Crippen LogP contribution in [0.2, 0.25) is 0 Å². The molecule has 0 aromatic heterocycles. The van der Waals surface area contributed by atoms with Crippen molar-refractivity contribution in [2.45, 2.75) is 13.3 Å². The molecule has 0 bridgehead atoms. The number of ketones is 1. The highest BCUT2D eigenvalue weighted by molar-refractivity contribution is 5.94. The van der Waals surface area contributed by atoms with E-state index in [2.05, 4.69) is 5.32 Å². The van der Waals surface area contributed by atoms with Gasteiger partial charge in [-0.2, -0.15) is 0 Å². The molecule has 1 rings (SSSR count). The maximum atomic E-state index is 11.3. The first-order valence-corrected chi connectivity index (χ1v) is 5.75. The van der Waals surface area contributed by atoms with Gasteiger partial charge in [0.25, 0.3) is 5.91 Å². The molecule has 0 radical (unpaired) electrons. The average molecular weight is 251 g/mol. The van der Waals surface area contributed by atoms with Gasteiger partial charge in [0.15, 0.2) is 12.4 Å². The van der Waals surface area contributed by atoms with E-state index in [1.54, 1.807) is 24.3 Å². The van der Waals surface area contributed by atoms with E-state index in [1.807, 2.05) is 0 Å². The van der Waals surface area contributed by atoms with Gasteiger partial charge in [0, 0.05) is 18.7 Å². The Morgan fingerprint density at radius 1 is 1.28 bits per heavy atom. The van der Waals surface area contributed by atoms with Crippen molar-refractivity contribution in [1.29, 1.82) is 0 Å². The van der Waals surface area contributed by atoms with E-state index in [4.69, 9.17) is 9.84 Å². The van der Waals surface area contributed by atoms with Crippen LogP contribution in [-0.4, -0.2) is 36.6 Å². The molecule has 0 heterocycles. The van der Waals surface area contributed by atoms with E-state index >= 15 is 0 Å². The molecule has 2 N–H and O–H groups in total. The Labute approximate surface area is 106 Å². The lowest BCUT2D eigenvalue weighted by atomic mass is 10.1. The molecule has 0 aliphatic rings. The minimum absolute atomic E-state index is 0.0108. The molecule has 0 unspecified atom stereocenters. The highest BCUT2D eigenvalue weighted by atomic mass is 16.5. The molecule has 0 fully saturated rings. The van der Waals surface area contributed by atoms with Gasteiger partial charge in [0.2, 0.25) is 0 Å². The van der Waals surface area contributed by atoms with Crippen LogP contribution in [0.1, 0.15) is 23.7 Å². The average Bonchev–Trinajstić information content (AvgIpc) is 2.37. The fourth-order valence-corrected chi connectivity index (χ4v) is 1.29. The summed E-state index contributed by atoms with van der Waals surface area (Å²) in [6.45, 7) is 1.89. The van der Waals surface area contributed by atoms with Crippen molar-refractivity contribution < 1.29 is 19.4 Å². The number of carbonyl (C=O) groups excluding carboxylic acids is 2.